The maximum atomic E-state index is 12.8. The fourth-order valence-corrected chi connectivity index (χ4v) is 4.30. The zero-order valence-electron chi connectivity index (χ0n) is 18.1. The highest BCUT2D eigenvalue weighted by molar-refractivity contribution is 5.76. The van der Waals surface area contributed by atoms with Gasteiger partial charge in [0.2, 0.25) is 5.91 Å². The Labute approximate surface area is 165 Å². The SMILES string of the molecule is CC(C)N(CC1CCCN(C(=O)CC2CCCCC2)C1)C(=O)OC(C)(C)C. The molecule has 1 aliphatic heterocycles. The van der Waals surface area contributed by atoms with Crippen LogP contribution in [0.15, 0.2) is 0 Å². The predicted octanol–water partition coefficient (Wildman–Crippen LogP) is 4.84. The summed E-state index contributed by atoms with van der Waals surface area (Å²) in [5, 5.41) is 0. The molecule has 1 unspecified atom stereocenters. The molecule has 0 radical (unpaired) electrons. The van der Waals surface area contributed by atoms with Crippen molar-refractivity contribution in [3.63, 3.8) is 0 Å². The number of hydrogen-bond donors (Lipinski definition) is 0. The van der Waals surface area contributed by atoms with Crippen molar-refractivity contribution in [2.45, 2.75) is 97.6 Å². The smallest absolute Gasteiger partial charge is 0.410 e. The highest BCUT2D eigenvalue weighted by Crippen LogP contribution is 2.28. The number of hydrogen-bond acceptors (Lipinski definition) is 3. The second kappa shape index (κ2) is 9.79. The van der Waals surface area contributed by atoms with Gasteiger partial charge >= 0.3 is 6.09 Å². The molecule has 2 fully saturated rings. The first-order valence-corrected chi connectivity index (χ1v) is 10.9. The molecule has 1 aliphatic carbocycles. The highest BCUT2D eigenvalue weighted by Gasteiger charge is 2.31. The molecular weight excluding hydrogens is 340 g/mol. The Balaban J connectivity index is 1.89. The topological polar surface area (TPSA) is 49.9 Å². The third-order valence-electron chi connectivity index (χ3n) is 5.77. The van der Waals surface area contributed by atoms with Crippen LogP contribution in [0, 0.1) is 11.8 Å². The van der Waals surface area contributed by atoms with Crippen LogP contribution in [0.25, 0.3) is 0 Å². The van der Waals surface area contributed by atoms with Crippen LogP contribution in [0.5, 0.6) is 0 Å². The van der Waals surface area contributed by atoms with Crippen molar-refractivity contribution in [2.24, 2.45) is 11.8 Å². The van der Waals surface area contributed by atoms with Crippen molar-refractivity contribution in [3.05, 3.63) is 0 Å². The molecule has 2 aliphatic rings. The zero-order chi connectivity index (χ0) is 20.0. The van der Waals surface area contributed by atoms with E-state index in [4.69, 9.17) is 4.74 Å². The fourth-order valence-electron chi connectivity index (χ4n) is 4.30. The van der Waals surface area contributed by atoms with Gasteiger partial charge < -0.3 is 14.5 Å². The third-order valence-corrected chi connectivity index (χ3v) is 5.77. The van der Waals surface area contributed by atoms with Gasteiger partial charge in [0.25, 0.3) is 0 Å². The Morgan fingerprint density at radius 3 is 2.26 bits per heavy atom. The minimum absolute atomic E-state index is 0.0909. The summed E-state index contributed by atoms with van der Waals surface area (Å²) in [6, 6.07) is 0.0909. The van der Waals surface area contributed by atoms with Gasteiger partial charge in [-0.05, 0) is 72.1 Å². The van der Waals surface area contributed by atoms with Crippen molar-refractivity contribution in [1.82, 2.24) is 9.80 Å². The number of ether oxygens (including phenoxy) is 1. The molecule has 1 atom stereocenters. The quantitative estimate of drug-likeness (QED) is 0.685. The van der Waals surface area contributed by atoms with Crippen molar-refractivity contribution >= 4 is 12.0 Å². The Morgan fingerprint density at radius 2 is 1.67 bits per heavy atom. The van der Waals surface area contributed by atoms with Crippen molar-refractivity contribution in [2.75, 3.05) is 19.6 Å². The number of amides is 2. The summed E-state index contributed by atoms with van der Waals surface area (Å²) in [5.74, 6) is 1.24. The van der Waals surface area contributed by atoms with Crippen LogP contribution in [0.3, 0.4) is 0 Å². The van der Waals surface area contributed by atoms with Gasteiger partial charge in [-0.3, -0.25) is 4.79 Å². The molecule has 27 heavy (non-hydrogen) atoms. The molecular formula is C22H40N2O3. The number of rotatable bonds is 5. The van der Waals surface area contributed by atoms with E-state index in [1.807, 2.05) is 39.5 Å². The predicted molar refractivity (Wildman–Crippen MR) is 109 cm³/mol. The lowest BCUT2D eigenvalue weighted by molar-refractivity contribution is -0.134. The molecule has 2 amide bonds. The molecule has 0 spiro atoms. The van der Waals surface area contributed by atoms with E-state index in [0.29, 0.717) is 30.7 Å². The Bertz CT molecular complexity index is 492. The molecule has 0 bridgehead atoms. The van der Waals surface area contributed by atoms with Crippen molar-refractivity contribution < 1.29 is 14.3 Å². The number of carbonyl (C=O) groups is 2. The van der Waals surface area contributed by atoms with Gasteiger partial charge in [0.05, 0.1) is 0 Å². The summed E-state index contributed by atoms with van der Waals surface area (Å²) >= 11 is 0. The molecule has 1 saturated heterocycles. The second-order valence-corrected chi connectivity index (χ2v) is 9.78. The standard InChI is InChI=1S/C22H40N2O3/c1-17(2)24(21(26)27-22(3,4)5)16-19-12-9-13-23(15-19)20(25)14-18-10-7-6-8-11-18/h17-19H,6-16H2,1-5H3. The van der Waals surface area contributed by atoms with Crippen LogP contribution in [0.2, 0.25) is 0 Å². The lowest BCUT2D eigenvalue weighted by Gasteiger charge is -2.38. The lowest BCUT2D eigenvalue weighted by atomic mass is 9.86. The average molecular weight is 381 g/mol. The van der Waals surface area contributed by atoms with Gasteiger partial charge in [0.15, 0.2) is 0 Å². The van der Waals surface area contributed by atoms with Crippen LogP contribution in [-0.4, -0.2) is 53.1 Å². The second-order valence-electron chi connectivity index (χ2n) is 9.78. The van der Waals surface area contributed by atoms with E-state index >= 15 is 0 Å². The monoisotopic (exact) mass is 380 g/mol. The molecule has 0 aromatic carbocycles. The van der Waals surface area contributed by atoms with Gasteiger partial charge in [0, 0.05) is 32.1 Å². The molecule has 156 valence electrons. The van der Waals surface area contributed by atoms with Crippen LogP contribution >= 0.6 is 0 Å². The van der Waals surface area contributed by atoms with Gasteiger partial charge in [0.1, 0.15) is 5.60 Å². The zero-order valence-corrected chi connectivity index (χ0v) is 18.1. The average Bonchev–Trinajstić information content (AvgIpc) is 2.59. The minimum Gasteiger partial charge on any atom is -0.444 e. The summed E-state index contributed by atoms with van der Waals surface area (Å²) in [6.45, 7) is 12.1. The van der Waals surface area contributed by atoms with Gasteiger partial charge in [-0.15, -0.1) is 0 Å². The molecule has 0 N–H and O–H groups in total. The summed E-state index contributed by atoms with van der Waals surface area (Å²) < 4.78 is 5.58. The Hall–Kier alpha value is -1.26. The largest absolute Gasteiger partial charge is 0.444 e. The Kier molecular flexibility index (Phi) is 7.99. The molecule has 1 heterocycles. The molecule has 0 aromatic rings. The molecule has 5 nitrogen and oxygen atoms in total. The van der Waals surface area contributed by atoms with Gasteiger partial charge in [-0.1, -0.05) is 19.3 Å². The van der Waals surface area contributed by atoms with E-state index in [2.05, 4.69) is 4.90 Å². The van der Waals surface area contributed by atoms with Crippen LogP contribution in [0.1, 0.15) is 86.0 Å². The highest BCUT2D eigenvalue weighted by atomic mass is 16.6. The number of likely N-dealkylation sites (tertiary alicyclic amines) is 1. The Morgan fingerprint density at radius 1 is 1.04 bits per heavy atom. The van der Waals surface area contributed by atoms with E-state index in [1.165, 1.54) is 32.1 Å². The van der Waals surface area contributed by atoms with Crippen molar-refractivity contribution in [1.29, 1.82) is 0 Å². The minimum atomic E-state index is -0.487. The van der Waals surface area contributed by atoms with Gasteiger partial charge in [-0.25, -0.2) is 4.79 Å². The van der Waals surface area contributed by atoms with Gasteiger partial charge in [-0.2, -0.15) is 0 Å². The van der Waals surface area contributed by atoms with Crippen LogP contribution < -0.4 is 0 Å². The van der Waals surface area contributed by atoms with E-state index < -0.39 is 5.60 Å². The molecule has 2 rings (SSSR count). The van der Waals surface area contributed by atoms with Crippen LogP contribution in [0.4, 0.5) is 4.79 Å². The number of nitrogens with zero attached hydrogens (tertiary/aromatic N) is 2. The summed E-state index contributed by atoms with van der Waals surface area (Å²) in [7, 11) is 0. The first kappa shape index (κ1) is 22.0. The summed E-state index contributed by atoms with van der Waals surface area (Å²) in [4.78, 5) is 29.2. The maximum Gasteiger partial charge on any atom is 0.410 e. The normalized spacial score (nSPS) is 22.0. The van der Waals surface area contributed by atoms with Crippen molar-refractivity contribution in [3.8, 4) is 0 Å². The van der Waals surface area contributed by atoms with Crippen LogP contribution in [-0.2, 0) is 9.53 Å². The first-order valence-electron chi connectivity index (χ1n) is 10.9. The number of carbonyl (C=O) groups excluding carboxylic acids is 2. The van der Waals surface area contributed by atoms with E-state index in [-0.39, 0.29) is 12.1 Å². The third kappa shape index (κ3) is 7.34. The molecule has 1 saturated carbocycles. The lowest BCUT2D eigenvalue weighted by Crippen LogP contribution is -2.48. The molecule has 0 aromatic heterocycles. The van der Waals surface area contributed by atoms with E-state index in [0.717, 1.165) is 25.9 Å². The molecule has 5 heteroatoms. The summed E-state index contributed by atoms with van der Waals surface area (Å²) in [6.07, 6.45) is 8.87. The number of piperidine rings is 1. The first-order chi connectivity index (χ1) is 12.7. The summed E-state index contributed by atoms with van der Waals surface area (Å²) in [5.41, 5.74) is -0.487. The fraction of sp³-hybridized carbons (Fsp3) is 0.909. The van der Waals surface area contributed by atoms with E-state index in [1.54, 1.807) is 0 Å². The van der Waals surface area contributed by atoms with E-state index in [9.17, 15) is 9.59 Å². The maximum absolute atomic E-state index is 12.8.